The minimum absolute atomic E-state index is 0.0599. The number of hydrogen-bond donors (Lipinski definition) is 0. The average molecular weight is 444 g/mol. The summed E-state index contributed by atoms with van der Waals surface area (Å²) in [5.74, 6) is 0.134. The Bertz CT molecular complexity index is 821. The molecule has 1 saturated heterocycles. The number of amides is 1. The number of carbonyl (C=O) groups excluding carboxylic acids is 1. The fourth-order valence-electron chi connectivity index (χ4n) is 2.76. The van der Waals surface area contributed by atoms with Crippen LogP contribution in [0.15, 0.2) is 69.3 Å². The maximum Gasteiger partial charge on any atom is 0.242 e. The summed E-state index contributed by atoms with van der Waals surface area (Å²) in [6.07, 6.45) is 4.71. The smallest absolute Gasteiger partial charge is 0.242 e. The molecule has 1 amide bonds. The highest BCUT2D eigenvalue weighted by Crippen LogP contribution is 2.32. The number of benzene rings is 2. The van der Waals surface area contributed by atoms with Gasteiger partial charge in [-0.2, -0.15) is 5.10 Å². The molecule has 2 aromatic rings. The normalized spacial score (nSPS) is 18.7. The van der Waals surface area contributed by atoms with E-state index >= 15 is 0 Å². The maximum atomic E-state index is 12.9. The van der Waals surface area contributed by atoms with Gasteiger partial charge in [0.2, 0.25) is 5.91 Å². The monoisotopic (exact) mass is 443 g/mol. The Hall–Kier alpha value is -1.92. The number of halogens is 1. The SMILES string of the molecule is CCCC[C@H]1S/C(=N/N=C\c2ccc(Br)cc2)N(Cc2ccccc2)C1=O. The molecule has 0 radical (unpaired) electrons. The Labute approximate surface area is 172 Å². The molecule has 0 N–H and O–H groups in total. The summed E-state index contributed by atoms with van der Waals surface area (Å²) < 4.78 is 1.02. The van der Waals surface area contributed by atoms with Gasteiger partial charge in [0.15, 0.2) is 5.17 Å². The molecule has 0 aromatic heterocycles. The van der Waals surface area contributed by atoms with Crippen LogP contribution in [-0.4, -0.2) is 27.4 Å². The molecule has 1 fully saturated rings. The van der Waals surface area contributed by atoms with E-state index < -0.39 is 0 Å². The third-order valence-electron chi connectivity index (χ3n) is 4.24. The summed E-state index contributed by atoms with van der Waals surface area (Å²) in [6, 6.07) is 17.9. The lowest BCUT2D eigenvalue weighted by molar-refractivity contribution is -0.126. The van der Waals surface area contributed by atoms with Crippen molar-refractivity contribution in [2.75, 3.05) is 0 Å². The number of hydrogen-bond acceptors (Lipinski definition) is 4. The molecule has 1 heterocycles. The van der Waals surface area contributed by atoms with Gasteiger partial charge in [0.05, 0.1) is 18.0 Å². The topological polar surface area (TPSA) is 45.0 Å². The van der Waals surface area contributed by atoms with Gasteiger partial charge in [-0.1, -0.05) is 89.9 Å². The second-order valence-electron chi connectivity index (χ2n) is 6.34. The molecule has 140 valence electrons. The van der Waals surface area contributed by atoms with Crippen molar-refractivity contribution in [1.82, 2.24) is 4.90 Å². The predicted octanol–water partition coefficient (Wildman–Crippen LogP) is 5.47. The van der Waals surface area contributed by atoms with Crippen molar-refractivity contribution in [3.63, 3.8) is 0 Å². The van der Waals surface area contributed by atoms with Gasteiger partial charge in [-0.25, -0.2) is 0 Å². The number of carbonyl (C=O) groups is 1. The van der Waals surface area contributed by atoms with E-state index in [1.165, 1.54) is 11.8 Å². The summed E-state index contributed by atoms with van der Waals surface area (Å²) in [4.78, 5) is 14.6. The Balaban J connectivity index is 1.77. The quantitative estimate of drug-likeness (QED) is 0.420. The minimum Gasteiger partial charge on any atom is -0.284 e. The lowest BCUT2D eigenvalue weighted by Gasteiger charge is -2.15. The number of nitrogens with zero attached hydrogens (tertiary/aromatic N) is 3. The van der Waals surface area contributed by atoms with Crippen LogP contribution >= 0.6 is 27.7 Å². The molecule has 0 aliphatic carbocycles. The van der Waals surface area contributed by atoms with Crippen molar-refractivity contribution >= 4 is 45.0 Å². The first kappa shape index (κ1) is 19.8. The lowest BCUT2D eigenvalue weighted by Crippen LogP contribution is -2.31. The van der Waals surface area contributed by atoms with Crippen LogP contribution in [-0.2, 0) is 11.3 Å². The van der Waals surface area contributed by atoms with E-state index in [1.807, 2.05) is 54.6 Å². The van der Waals surface area contributed by atoms with Gasteiger partial charge in [-0.15, -0.1) is 5.10 Å². The largest absolute Gasteiger partial charge is 0.284 e. The van der Waals surface area contributed by atoms with Gasteiger partial charge < -0.3 is 0 Å². The summed E-state index contributed by atoms with van der Waals surface area (Å²) in [5.41, 5.74) is 2.06. The summed E-state index contributed by atoms with van der Waals surface area (Å²) >= 11 is 4.95. The van der Waals surface area contributed by atoms with E-state index in [4.69, 9.17) is 0 Å². The standard InChI is InChI=1S/C21H22BrN3OS/c1-2-3-9-19-20(26)25(15-17-7-5-4-6-8-17)21(27-19)24-23-14-16-10-12-18(22)13-11-16/h4-8,10-14,19H,2-3,9,15H2,1H3/b23-14-,24-21+/t19-/m1/s1. The fraction of sp³-hybridized carbons (Fsp3) is 0.286. The van der Waals surface area contributed by atoms with Crippen LogP contribution in [0.2, 0.25) is 0 Å². The molecular weight excluding hydrogens is 422 g/mol. The number of rotatable bonds is 7. The summed E-state index contributed by atoms with van der Waals surface area (Å²) in [7, 11) is 0. The van der Waals surface area contributed by atoms with Crippen LogP contribution in [0.1, 0.15) is 37.3 Å². The van der Waals surface area contributed by atoms with Crippen LogP contribution in [0.25, 0.3) is 0 Å². The van der Waals surface area contributed by atoms with E-state index in [0.29, 0.717) is 11.7 Å². The van der Waals surface area contributed by atoms with Crippen molar-refractivity contribution in [2.24, 2.45) is 10.2 Å². The van der Waals surface area contributed by atoms with Crippen LogP contribution in [0, 0.1) is 0 Å². The molecule has 0 spiro atoms. The number of thioether (sulfide) groups is 1. The molecule has 1 aliphatic heterocycles. The zero-order valence-electron chi connectivity index (χ0n) is 15.2. The van der Waals surface area contributed by atoms with Crippen molar-refractivity contribution in [1.29, 1.82) is 0 Å². The molecule has 3 rings (SSSR count). The lowest BCUT2D eigenvalue weighted by atomic mass is 10.1. The predicted molar refractivity (Wildman–Crippen MR) is 117 cm³/mol. The highest BCUT2D eigenvalue weighted by Gasteiger charge is 2.37. The third-order valence-corrected chi connectivity index (χ3v) is 6.01. The molecule has 2 aromatic carbocycles. The molecule has 1 atom stereocenters. The van der Waals surface area contributed by atoms with E-state index in [9.17, 15) is 4.79 Å². The number of unbranched alkanes of at least 4 members (excludes halogenated alkanes) is 1. The van der Waals surface area contributed by atoms with Gasteiger partial charge in [0, 0.05) is 4.47 Å². The fourth-order valence-corrected chi connectivity index (χ4v) is 4.17. The zero-order valence-corrected chi connectivity index (χ0v) is 17.6. The average Bonchev–Trinajstić information content (AvgIpc) is 2.98. The van der Waals surface area contributed by atoms with Gasteiger partial charge in [-0.05, 0) is 29.7 Å². The molecule has 6 heteroatoms. The second kappa shape index (κ2) is 9.85. The third kappa shape index (κ3) is 5.53. The molecule has 27 heavy (non-hydrogen) atoms. The van der Waals surface area contributed by atoms with Gasteiger partial charge in [0.25, 0.3) is 0 Å². The van der Waals surface area contributed by atoms with E-state index in [-0.39, 0.29) is 11.2 Å². The molecule has 0 unspecified atom stereocenters. The van der Waals surface area contributed by atoms with Gasteiger partial charge >= 0.3 is 0 Å². The Morgan fingerprint density at radius 2 is 1.89 bits per heavy atom. The van der Waals surface area contributed by atoms with E-state index in [0.717, 1.165) is 34.9 Å². The molecule has 0 bridgehead atoms. The Morgan fingerprint density at radius 3 is 2.59 bits per heavy atom. The second-order valence-corrected chi connectivity index (χ2v) is 8.42. The first-order chi connectivity index (χ1) is 13.2. The Kier molecular flexibility index (Phi) is 7.24. The minimum atomic E-state index is -0.0599. The summed E-state index contributed by atoms with van der Waals surface area (Å²) in [6.45, 7) is 2.67. The van der Waals surface area contributed by atoms with Crippen LogP contribution in [0.4, 0.5) is 0 Å². The van der Waals surface area contributed by atoms with Crippen molar-refractivity contribution in [3.8, 4) is 0 Å². The molecule has 1 aliphatic rings. The summed E-state index contributed by atoms with van der Waals surface area (Å²) in [5, 5.41) is 9.22. The van der Waals surface area contributed by atoms with Gasteiger partial charge in [-0.3, -0.25) is 9.69 Å². The zero-order chi connectivity index (χ0) is 19.1. The highest BCUT2D eigenvalue weighted by molar-refractivity contribution is 9.10. The van der Waals surface area contributed by atoms with Crippen molar-refractivity contribution in [2.45, 2.75) is 38.0 Å². The van der Waals surface area contributed by atoms with Crippen LogP contribution < -0.4 is 0 Å². The Morgan fingerprint density at radius 1 is 1.15 bits per heavy atom. The van der Waals surface area contributed by atoms with Crippen LogP contribution in [0.5, 0.6) is 0 Å². The molecule has 4 nitrogen and oxygen atoms in total. The van der Waals surface area contributed by atoms with E-state index in [1.54, 1.807) is 11.1 Å². The number of amidine groups is 1. The molecular formula is C21H22BrN3OS. The molecule has 0 saturated carbocycles. The van der Waals surface area contributed by atoms with E-state index in [2.05, 4.69) is 33.1 Å². The first-order valence-electron chi connectivity index (χ1n) is 9.06. The van der Waals surface area contributed by atoms with Crippen molar-refractivity contribution < 1.29 is 4.79 Å². The van der Waals surface area contributed by atoms with Gasteiger partial charge in [0.1, 0.15) is 0 Å². The maximum absolute atomic E-state index is 12.9. The highest BCUT2D eigenvalue weighted by atomic mass is 79.9. The van der Waals surface area contributed by atoms with Crippen molar-refractivity contribution in [3.05, 3.63) is 70.2 Å². The first-order valence-corrected chi connectivity index (χ1v) is 10.7. The van der Waals surface area contributed by atoms with Crippen LogP contribution in [0.3, 0.4) is 0 Å².